The number of anilines is 1. The Bertz CT molecular complexity index is 511. The van der Waals surface area contributed by atoms with Crippen molar-refractivity contribution in [1.82, 2.24) is 0 Å². The van der Waals surface area contributed by atoms with Gasteiger partial charge in [-0.1, -0.05) is 6.07 Å². The van der Waals surface area contributed by atoms with Crippen molar-refractivity contribution in [2.45, 2.75) is 20.3 Å². The SMILES string of the molecule is CCOc1ccc(NCCc2cccs2)cc1OCC. The van der Waals surface area contributed by atoms with Gasteiger partial charge in [-0.25, -0.2) is 0 Å². The zero-order valence-corrected chi connectivity index (χ0v) is 12.8. The second-order valence-corrected chi connectivity index (χ2v) is 5.32. The minimum atomic E-state index is 0.638. The highest BCUT2D eigenvalue weighted by Gasteiger charge is 2.05. The van der Waals surface area contributed by atoms with E-state index in [-0.39, 0.29) is 0 Å². The minimum absolute atomic E-state index is 0.638. The Labute approximate surface area is 124 Å². The molecule has 0 aliphatic rings. The molecular weight excluding hydrogens is 270 g/mol. The molecule has 108 valence electrons. The van der Waals surface area contributed by atoms with E-state index in [2.05, 4.69) is 22.8 Å². The molecule has 0 spiro atoms. The predicted octanol–water partition coefficient (Wildman–Crippen LogP) is 4.20. The van der Waals surface area contributed by atoms with Gasteiger partial charge in [0.25, 0.3) is 0 Å². The second kappa shape index (κ2) is 7.80. The highest BCUT2D eigenvalue weighted by atomic mass is 32.1. The average molecular weight is 291 g/mol. The molecule has 2 aromatic rings. The van der Waals surface area contributed by atoms with Crippen LogP contribution in [-0.2, 0) is 6.42 Å². The molecule has 0 fully saturated rings. The Morgan fingerprint density at radius 1 is 1.05 bits per heavy atom. The van der Waals surface area contributed by atoms with Crippen LogP contribution in [-0.4, -0.2) is 19.8 Å². The van der Waals surface area contributed by atoms with Crippen LogP contribution in [0.25, 0.3) is 0 Å². The topological polar surface area (TPSA) is 30.5 Å². The van der Waals surface area contributed by atoms with Gasteiger partial charge in [0.05, 0.1) is 13.2 Å². The third kappa shape index (κ3) is 4.17. The van der Waals surface area contributed by atoms with Crippen molar-refractivity contribution in [2.24, 2.45) is 0 Å². The van der Waals surface area contributed by atoms with E-state index in [1.54, 1.807) is 11.3 Å². The standard InChI is InChI=1S/C16H21NO2S/c1-3-18-15-8-7-13(12-16(15)19-4-2)17-10-9-14-6-5-11-20-14/h5-8,11-12,17H,3-4,9-10H2,1-2H3. The maximum atomic E-state index is 5.62. The molecule has 0 saturated carbocycles. The van der Waals surface area contributed by atoms with Crippen molar-refractivity contribution in [3.05, 3.63) is 40.6 Å². The Morgan fingerprint density at radius 3 is 2.55 bits per heavy atom. The van der Waals surface area contributed by atoms with Gasteiger partial charge in [0.15, 0.2) is 11.5 Å². The molecule has 0 aliphatic heterocycles. The van der Waals surface area contributed by atoms with Crippen molar-refractivity contribution < 1.29 is 9.47 Å². The molecule has 0 saturated heterocycles. The lowest BCUT2D eigenvalue weighted by atomic mass is 10.2. The maximum Gasteiger partial charge on any atom is 0.163 e. The van der Waals surface area contributed by atoms with E-state index < -0.39 is 0 Å². The first-order chi connectivity index (χ1) is 9.83. The monoisotopic (exact) mass is 291 g/mol. The summed E-state index contributed by atoms with van der Waals surface area (Å²) in [6.07, 6.45) is 1.04. The maximum absolute atomic E-state index is 5.62. The van der Waals surface area contributed by atoms with Crippen molar-refractivity contribution >= 4 is 17.0 Å². The molecule has 1 aromatic carbocycles. The summed E-state index contributed by atoms with van der Waals surface area (Å²) in [6.45, 7) is 6.15. The summed E-state index contributed by atoms with van der Waals surface area (Å²) in [5.41, 5.74) is 1.06. The molecule has 1 N–H and O–H groups in total. The van der Waals surface area contributed by atoms with E-state index in [1.165, 1.54) is 4.88 Å². The van der Waals surface area contributed by atoms with Gasteiger partial charge in [-0.15, -0.1) is 11.3 Å². The van der Waals surface area contributed by atoms with Crippen LogP contribution in [0.3, 0.4) is 0 Å². The number of nitrogens with one attached hydrogen (secondary N) is 1. The van der Waals surface area contributed by atoms with E-state index in [4.69, 9.17) is 9.47 Å². The van der Waals surface area contributed by atoms with E-state index >= 15 is 0 Å². The van der Waals surface area contributed by atoms with Gasteiger partial charge < -0.3 is 14.8 Å². The predicted molar refractivity (Wildman–Crippen MR) is 85.3 cm³/mol. The Hall–Kier alpha value is -1.68. The summed E-state index contributed by atoms with van der Waals surface area (Å²) in [5.74, 6) is 1.61. The molecular formula is C16H21NO2S. The van der Waals surface area contributed by atoms with Gasteiger partial charge in [-0.2, -0.15) is 0 Å². The van der Waals surface area contributed by atoms with Gasteiger partial charge >= 0.3 is 0 Å². The van der Waals surface area contributed by atoms with E-state index in [0.29, 0.717) is 13.2 Å². The van der Waals surface area contributed by atoms with Crippen LogP contribution in [0, 0.1) is 0 Å². The first-order valence-electron chi connectivity index (χ1n) is 6.99. The number of hydrogen-bond acceptors (Lipinski definition) is 4. The van der Waals surface area contributed by atoms with E-state index in [1.807, 2.05) is 32.0 Å². The van der Waals surface area contributed by atoms with Crippen molar-refractivity contribution in [2.75, 3.05) is 25.1 Å². The third-order valence-electron chi connectivity index (χ3n) is 2.82. The molecule has 0 atom stereocenters. The van der Waals surface area contributed by atoms with Crippen LogP contribution in [0.15, 0.2) is 35.7 Å². The molecule has 1 heterocycles. The Kier molecular flexibility index (Phi) is 5.74. The van der Waals surface area contributed by atoms with Crippen LogP contribution >= 0.6 is 11.3 Å². The lowest BCUT2D eigenvalue weighted by Crippen LogP contribution is -2.05. The molecule has 0 aliphatic carbocycles. The van der Waals surface area contributed by atoms with Crippen molar-refractivity contribution in [3.63, 3.8) is 0 Å². The lowest BCUT2D eigenvalue weighted by molar-refractivity contribution is 0.288. The van der Waals surface area contributed by atoms with Crippen LogP contribution < -0.4 is 14.8 Å². The van der Waals surface area contributed by atoms with E-state index in [0.717, 1.165) is 30.2 Å². The van der Waals surface area contributed by atoms with Crippen LogP contribution in [0.5, 0.6) is 11.5 Å². The smallest absolute Gasteiger partial charge is 0.163 e. The van der Waals surface area contributed by atoms with Gasteiger partial charge in [-0.3, -0.25) is 0 Å². The highest BCUT2D eigenvalue weighted by Crippen LogP contribution is 2.30. The molecule has 1 aromatic heterocycles. The molecule has 3 nitrogen and oxygen atoms in total. The van der Waals surface area contributed by atoms with Crippen LogP contribution in [0.2, 0.25) is 0 Å². The van der Waals surface area contributed by atoms with Crippen LogP contribution in [0.1, 0.15) is 18.7 Å². The van der Waals surface area contributed by atoms with Crippen molar-refractivity contribution in [1.29, 1.82) is 0 Å². The Balaban J connectivity index is 1.95. The third-order valence-corrected chi connectivity index (χ3v) is 3.76. The molecule has 4 heteroatoms. The first kappa shape index (κ1) is 14.7. The summed E-state index contributed by atoms with van der Waals surface area (Å²) in [4.78, 5) is 1.40. The summed E-state index contributed by atoms with van der Waals surface area (Å²) in [7, 11) is 0. The summed E-state index contributed by atoms with van der Waals surface area (Å²) >= 11 is 1.79. The normalized spacial score (nSPS) is 10.3. The fourth-order valence-corrected chi connectivity index (χ4v) is 2.65. The average Bonchev–Trinajstić information content (AvgIpc) is 2.95. The first-order valence-corrected chi connectivity index (χ1v) is 7.87. The molecule has 0 amide bonds. The quantitative estimate of drug-likeness (QED) is 0.790. The van der Waals surface area contributed by atoms with E-state index in [9.17, 15) is 0 Å². The number of thiophene rings is 1. The fourth-order valence-electron chi connectivity index (χ4n) is 1.95. The molecule has 20 heavy (non-hydrogen) atoms. The number of ether oxygens (including phenoxy) is 2. The molecule has 0 bridgehead atoms. The lowest BCUT2D eigenvalue weighted by Gasteiger charge is -2.13. The van der Waals surface area contributed by atoms with Gasteiger partial charge in [0.2, 0.25) is 0 Å². The van der Waals surface area contributed by atoms with Crippen LogP contribution in [0.4, 0.5) is 5.69 Å². The van der Waals surface area contributed by atoms with Gasteiger partial charge in [0.1, 0.15) is 0 Å². The molecule has 2 rings (SSSR count). The summed E-state index contributed by atoms with van der Waals surface area (Å²) in [5, 5.41) is 5.53. The number of rotatable bonds is 8. The molecule has 0 radical (unpaired) electrons. The second-order valence-electron chi connectivity index (χ2n) is 4.28. The van der Waals surface area contributed by atoms with Gasteiger partial charge in [0, 0.05) is 23.2 Å². The number of hydrogen-bond donors (Lipinski definition) is 1. The minimum Gasteiger partial charge on any atom is -0.490 e. The largest absolute Gasteiger partial charge is 0.490 e. The zero-order chi connectivity index (χ0) is 14.2. The Morgan fingerprint density at radius 2 is 1.85 bits per heavy atom. The van der Waals surface area contributed by atoms with Crippen molar-refractivity contribution in [3.8, 4) is 11.5 Å². The summed E-state index contributed by atoms with van der Waals surface area (Å²) in [6, 6.07) is 10.2. The van der Waals surface area contributed by atoms with Gasteiger partial charge in [-0.05, 0) is 43.8 Å². The zero-order valence-electron chi connectivity index (χ0n) is 12.0. The number of benzene rings is 1. The highest BCUT2D eigenvalue weighted by molar-refractivity contribution is 7.09. The fraction of sp³-hybridized carbons (Fsp3) is 0.375. The molecule has 0 unspecified atom stereocenters. The summed E-state index contributed by atoms with van der Waals surface area (Å²) < 4.78 is 11.2.